The lowest BCUT2D eigenvalue weighted by atomic mass is 10.1. The fourth-order valence-corrected chi connectivity index (χ4v) is 1.99. The number of hydrogen-bond acceptors (Lipinski definition) is 3. The van der Waals surface area contributed by atoms with E-state index >= 15 is 0 Å². The Hall–Kier alpha value is -2.66. The van der Waals surface area contributed by atoms with Gasteiger partial charge in [0, 0.05) is 12.1 Å². The van der Waals surface area contributed by atoms with Crippen molar-refractivity contribution in [3.63, 3.8) is 0 Å². The summed E-state index contributed by atoms with van der Waals surface area (Å²) in [6.45, 7) is 0.453. The maximum absolute atomic E-state index is 11.4. The van der Waals surface area contributed by atoms with Crippen molar-refractivity contribution in [1.29, 1.82) is 0 Å². The first-order valence-corrected chi connectivity index (χ1v) is 7.16. The molecule has 0 bridgehead atoms. The lowest BCUT2D eigenvalue weighted by Gasteiger charge is -1.99. The summed E-state index contributed by atoms with van der Waals surface area (Å²) in [5, 5.41) is 8.66. The van der Waals surface area contributed by atoms with Crippen LogP contribution in [0, 0.1) is 0 Å². The number of aryl methyl sites for hydroxylation is 1. The van der Waals surface area contributed by atoms with Crippen LogP contribution >= 0.6 is 0 Å². The van der Waals surface area contributed by atoms with Crippen molar-refractivity contribution in [2.24, 2.45) is 0 Å². The molecule has 0 radical (unpaired) electrons. The number of benzene rings is 1. The largest absolute Gasteiger partial charge is 1.00 e. The molecule has 1 aromatic heterocycles. The van der Waals surface area contributed by atoms with E-state index in [0.717, 1.165) is 11.1 Å². The molecule has 0 amide bonds. The Bertz CT molecular complexity index is 709. The standard InChI is InChI=1S/C18H17NO4.ClH/c1-23-18(22)16-6-4-14(5-7-16)2-3-15-8-11-19(12-9-15)13-10-17(20)21;/h2-9,11-12H,10,13H2,1H3;1H/b3-2-;. The molecule has 126 valence electrons. The van der Waals surface area contributed by atoms with Gasteiger partial charge in [-0.25, -0.2) is 9.36 Å². The van der Waals surface area contributed by atoms with E-state index in [2.05, 4.69) is 4.74 Å². The van der Waals surface area contributed by atoms with Crippen LogP contribution in [-0.2, 0) is 16.1 Å². The normalized spacial score (nSPS) is 10.2. The van der Waals surface area contributed by atoms with Crippen molar-refractivity contribution < 1.29 is 36.4 Å². The van der Waals surface area contributed by atoms with Crippen LogP contribution in [-0.4, -0.2) is 24.2 Å². The summed E-state index contributed by atoms with van der Waals surface area (Å²) in [7, 11) is 1.36. The smallest absolute Gasteiger partial charge is 0.337 e. The molecular weight excluding hydrogens is 330 g/mol. The van der Waals surface area contributed by atoms with Crippen molar-refractivity contribution in [1.82, 2.24) is 0 Å². The van der Waals surface area contributed by atoms with E-state index in [1.54, 1.807) is 12.1 Å². The van der Waals surface area contributed by atoms with Crippen LogP contribution in [0.15, 0.2) is 48.8 Å². The third kappa shape index (κ3) is 5.85. The third-order valence-corrected chi connectivity index (χ3v) is 3.30. The van der Waals surface area contributed by atoms with Gasteiger partial charge >= 0.3 is 11.9 Å². The molecule has 1 aromatic carbocycles. The number of aliphatic carboxylic acids is 1. The summed E-state index contributed by atoms with van der Waals surface area (Å²) < 4.78 is 6.49. The van der Waals surface area contributed by atoms with Crippen LogP contribution < -0.4 is 17.0 Å². The van der Waals surface area contributed by atoms with Gasteiger partial charge in [-0.05, 0) is 23.3 Å². The Morgan fingerprint density at radius 3 is 2.08 bits per heavy atom. The first kappa shape index (κ1) is 19.4. The number of carboxylic acids is 1. The minimum Gasteiger partial charge on any atom is -1.00 e. The third-order valence-electron chi connectivity index (χ3n) is 3.30. The number of aromatic nitrogens is 1. The topological polar surface area (TPSA) is 67.5 Å². The molecule has 0 atom stereocenters. The minimum atomic E-state index is -0.808. The zero-order valence-corrected chi connectivity index (χ0v) is 13.9. The molecule has 0 fully saturated rings. The number of pyridine rings is 1. The molecule has 5 nitrogen and oxygen atoms in total. The van der Waals surface area contributed by atoms with E-state index in [9.17, 15) is 9.59 Å². The second-order valence-corrected chi connectivity index (χ2v) is 4.96. The molecule has 0 saturated carbocycles. The van der Waals surface area contributed by atoms with Crippen molar-refractivity contribution >= 4 is 24.1 Å². The number of carbonyl (C=O) groups is 2. The van der Waals surface area contributed by atoms with Crippen LogP contribution in [0.4, 0.5) is 0 Å². The molecule has 1 N–H and O–H groups in total. The fourth-order valence-electron chi connectivity index (χ4n) is 1.99. The monoisotopic (exact) mass is 347 g/mol. The highest BCUT2D eigenvalue weighted by Gasteiger charge is 2.04. The lowest BCUT2D eigenvalue weighted by molar-refractivity contribution is -0.696. The quantitative estimate of drug-likeness (QED) is 0.560. The van der Waals surface area contributed by atoms with E-state index < -0.39 is 5.97 Å². The van der Waals surface area contributed by atoms with Gasteiger partial charge in [0.25, 0.3) is 0 Å². The van der Waals surface area contributed by atoms with Crippen LogP contribution in [0.25, 0.3) is 12.2 Å². The molecular formula is C18H18ClNO4. The van der Waals surface area contributed by atoms with Crippen molar-refractivity contribution in [3.8, 4) is 0 Å². The summed E-state index contributed by atoms with van der Waals surface area (Å²) in [5.41, 5.74) is 2.50. The SMILES string of the molecule is COC(=O)c1ccc(/C=C\c2cc[n+](CCC(=O)O)cc2)cc1.[Cl-]. The molecule has 0 aliphatic heterocycles. The molecule has 24 heavy (non-hydrogen) atoms. The Balaban J connectivity index is 0.00000288. The summed E-state index contributed by atoms with van der Waals surface area (Å²) in [6, 6.07) is 11.0. The first-order valence-electron chi connectivity index (χ1n) is 7.16. The van der Waals surface area contributed by atoms with Crippen molar-refractivity contribution in [2.45, 2.75) is 13.0 Å². The zero-order valence-electron chi connectivity index (χ0n) is 13.2. The minimum absolute atomic E-state index is 0. The second-order valence-electron chi connectivity index (χ2n) is 4.96. The highest BCUT2D eigenvalue weighted by molar-refractivity contribution is 5.89. The number of carboxylic acid groups (broad SMARTS) is 1. The summed E-state index contributed by atoms with van der Waals surface area (Å²) in [6.07, 6.45) is 7.70. The van der Waals surface area contributed by atoms with Gasteiger partial charge in [-0.3, -0.25) is 4.79 Å². The van der Waals surface area contributed by atoms with Gasteiger partial charge < -0.3 is 22.3 Å². The molecule has 1 heterocycles. The van der Waals surface area contributed by atoms with Gasteiger partial charge in [-0.15, -0.1) is 0 Å². The van der Waals surface area contributed by atoms with Gasteiger partial charge in [-0.2, -0.15) is 0 Å². The maximum Gasteiger partial charge on any atom is 0.337 e. The summed E-state index contributed by atoms with van der Waals surface area (Å²) in [5.74, 6) is -1.16. The molecule has 2 aromatic rings. The van der Waals surface area contributed by atoms with Crippen molar-refractivity contribution in [3.05, 3.63) is 65.5 Å². The van der Waals surface area contributed by atoms with Crippen LogP contribution in [0.1, 0.15) is 27.9 Å². The van der Waals surface area contributed by atoms with Gasteiger partial charge in [0.2, 0.25) is 0 Å². The number of halogens is 1. The van der Waals surface area contributed by atoms with Crippen LogP contribution in [0.3, 0.4) is 0 Å². The molecule has 2 rings (SSSR count). The Kier molecular flexibility index (Phi) is 7.65. The van der Waals surface area contributed by atoms with E-state index in [0.29, 0.717) is 12.1 Å². The van der Waals surface area contributed by atoms with Gasteiger partial charge in [0.15, 0.2) is 18.9 Å². The first-order chi connectivity index (χ1) is 11.1. The van der Waals surface area contributed by atoms with E-state index in [4.69, 9.17) is 5.11 Å². The van der Waals surface area contributed by atoms with E-state index in [1.165, 1.54) is 7.11 Å². The average Bonchev–Trinajstić information content (AvgIpc) is 2.58. The average molecular weight is 348 g/mol. The summed E-state index contributed by atoms with van der Waals surface area (Å²) >= 11 is 0. The molecule has 0 spiro atoms. The number of esters is 1. The molecule has 0 unspecified atom stereocenters. The highest BCUT2D eigenvalue weighted by atomic mass is 35.5. The Morgan fingerprint density at radius 2 is 1.58 bits per heavy atom. The van der Waals surface area contributed by atoms with Crippen LogP contribution in [0.5, 0.6) is 0 Å². The van der Waals surface area contributed by atoms with Gasteiger partial charge in [-0.1, -0.05) is 24.3 Å². The molecule has 0 aliphatic rings. The number of ether oxygens (including phenoxy) is 1. The number of nitrogens with zero attached hydrogens (tertiary/aromatic N) is 1. The van der Waals surface area contributed by atoms with Crippen molar-refractivity contribution in [2.75, 3.05) is 7.11 Å². The Labute approximate surface area is 146 Å². The van der Waals surface area contributed by atoms with Crippen LogP contribution in [0.2, 0.25) is 0 Å². The predicted molar refractivity (Wildman–Crippen MR) is 85.6 cm³/mol. The van der Waals surface area contributed by atoms with Gasteiger partial charge in [0.05, 0.1) is 12.7 Å². The van der Waals surface area contributed by atoms with E-state index in [1.807, 2.05) is 53.4 Å². The number of methoxy groups -OCH3 is 1. The Morgan fingerprint density at radius 1 is 1.04 bits per heavy atom. The molecule has 0 saturated heterocycles. The second kappa shape index (κ2) is 9.47. The predicted octanol–water partition coefficient (Wildman–Crippen LogP) is -0.590. The van der Waals surface area contributed by atoms with Gasteiger partial charge in [0.1, 0.15) is 6.42 Å². The van der Waals surface area contributed by atoms with E-state index in [-0.39, 0.29) is 24.8 Å². The fraction of sp³-hybridized carbons (Fsp3) is 0.167. The maximum atomic E-state index is 11.4. The lowest BCUT2D eigenvalue weighted by Crippen LogP contribution is -3.00. The number of carbonyl (C=O) groups excluding carboxylic acids is 1. The zero-order chi connectivity index (χ0) is 16.7. The molecule has 0 aliphatic carbocycles. The summed E-state index contributed by atoms with van der Waals surface area (Å²) in [4.78, 5) is 21.9. The highest BCUT2D eigenvalue weighted by Crippen LogP contribution is 2.10. The number of rotatable bonds is 6. The number of hydrogen-bond donors (Lipinski definition) is 1. The molecule has 6 heteroatoms.